The van der Waals surface area contributed by atoms with Gasteiger partial charge in [-0.1, -0.05) is 0 Å². The SMILES string of the molecule is NC(=O)C(N)CN1CC1C(N)=O. The van der Waals surface area contributed by atoms with Gasteiger partial charge < -0.3 is 17.2 Å². The number of carbonyl (C=O) groups is 2. The molecule has 0 aromatic rings. The summed E-state index contributed by atoms with van der Waals surface area (Å²) in [6, 6.07) is -0.968. The van der Waals surface area contributed by atoms with Gasteiger partial charge in [-0.15, -0.1) is 0 Å². The lowest BCUT2D eigenvalue weighted by molar-refractivity contribution is -0.120. The van der Waals surface area contributed by atoms with E-state index in [-0.39, 0.29) is 11.9 Å². The maximum absolute atomic E-state index is 10.5. The van der Waals surface area contributed by atoms with E-state index in [0.717, 1.165) is 0 Å². The summed E-state index contributed by atoms with van der Waals surface area (Å²) in [6.45, 7) is 0.888. The Balaban J connectivity index is 2.27. The summed E-state index contributed by atoms with van der Waals surface area (Å²) in [5.41, 5.74) is 15.3. The molecule has 0 saturated carbocycles. The summed E-state index contributed by atoms with van der Waals surface area (Å²) in [6.07, 6.45) is 0. The molecule has 6 N–H and O–H groups in total. The van der Waals surface area contributed by atoms with Crippen LogP contribution >= 0.6 is 0 Å². The highest BCUT2D eigenvalue weighted by molar-refractivity contribution is 5.83. The van der Waals surface area contributed by atoms with Crippen LogP contribution in [0, 0.1) is 0 Å². The fraction of sp³-hybridized carbons (Fsp3) is 0.667. The van der Waals surface area contributed by atoms with Crippen molar-refractivity contribution in [2.45, 2.75) is 12.1 Å². The van der Waals surface area contributed by atoms with E-state index in [1.807, 2.05) is 0 Å². The van der Waals surface area contributed by atoms with Gasteiger partial charge in [-0.2, -0.15) is 0 Å². The predicted molar refractivity (Wildman–Crippen MR) is 41.7 cm³/mol. The van der Waals surface area contributed by atoms with Gasteiger partial charge in [0.1, 0.15) is 6.04 Å². The number of amides is 2. The normalized spacial score (nSPS) is 29.4. The molecule has 0 aromatic heterocycles. The van der Waals surface area contributed by atoms with Crippen LogP contribution in [0.5, 0.6) is 0 Å². The van der Waals surface area contributed by atoms with Crippen molar-refractivity contribution in [1.82, 2.24) is 4.90 Å². The number of primary amides is 2. The molecule has 6 heteroatoms. The minimum absolute atomic E-state index is 0.254. The molecule has 0 aromatic carbocycles. The molecular formula is C6H12N4O2. The van der Waals surface area contributed by atoms with Crippen molar-refractivity contribution in [3.8, 4) is 0 Å². The Morgan fingerprint density at radius 1 is 1.50 bits per heavy atom. The first-order valence-electron chi connectivity index (χ1n) is 3.60. The fourth-order valence-electron chi connectivity index (χ4n) is 0.989. The molecule has 1 fully saturated rings. The van der Waals surface area contributed by atoms with Crippen LogP contribution in [-0.4, -0.2) is 41.9 Å². The van der Waals surface area contributed by atoms with Crippen LogP contribution < -0.4 is 17.2 Å². The lowest BCUT2D eigenvalue weighted by Crippen LogP contribution is -2.42. The second-order valence-corrected chi connectivity index (χ2v) is 2.88. The van der Waals surface area contributed by atoms with Crippen LogP contribution in [0.3, 0.4) is 0 Å². The van der Waals surface area contributed by atoms with E-state index in [0.29, 0.717) is 13.1 Å². The molecule has 6 nitrogen and oxygen atoms in total. The van der Waals surface area contributed by atoms with Gasteiger partial charge in [0.25, 0.3) is 0 Å². The number of rotatable bonds is 4. The Kier molecular flexibility index (Phi) is 2.30. The van der Waals surface area contributed by atoms with Crippen LogP contribution in [0.1, 0.15) is 0 Å². The molecule has 3 atom stereocenters. The second-order valence-electron chi connectivity index (χ2n) is 2.88. The molecule has 1 saturated heterocycles. The Hall–Kier alpha value is -1.14. The summed E-state index contributed by atoms with van der Waals surface area (Å²) in [5.74, 6) is -0.947. The maximum atomic E-state index is 10.5. The molecule has 12 heavy (non-hydrogen) atoms. The predicted octanol–water partition coefficient (Wildman–Crippen LogP) is -3.03. The van der Waals surface area contributed by atoms with Gasteiger partial charge in [0, 0.05) is 13.1 Å². The summed E-state index contributed by atoms with van der Waals surface area (Å²) < 4.78 is 0. The average Bonchev–Trinajstić information content (AvgIpc) is 2.67. The molecule has 68 valence electrons. The zero-order valence-corrected chi connectivity index (χ0v) is 6.56. The Morgan fingerprint density at radius 3 is 2.42 bits per heavy atom. The van der Waals surface area contributed by atoms with Crippen LogP contribution in [-0.2, 0) is 9.59 Å². The monoisotopic (exact) mass is 172 g/mol. The summed E-state index contributed by atoms with van der Waals surface area (Å²) in [4.78, 5) is 22.7. The van der Waals surface area contributed by atoms with Gasteiger partial charge in [0.2, 0.25) is 11.8 Å². The highest BCUT2D eigenvalue weighted by atomic mass is 16.2. The van der Waals surface area contributed by atoms with Crippen molar-refractivity contribution in [2.75, 3.05) is 13.1 Å². The van der Waals surface area contributed by atoms with Crippen molar-refractivity contribution in [2.24, 2.45) is 17.2 Å². The smallest absolute Gasteiger partial charge is 0.236 e. The largest absolute Gasteiger partial charge is 0.368 e. The van der Waals surface area contributed by atoms with Crippen molar-refractivity contribution < 1.29 is 9.59 Å². The van der Waals surface area contributed by atoms with Crippen LogP contribution in [0.25, 0.3) is 0 Å². The third-order valence-electron chi connectivity index (χ3n) is 1.84. The van der Waals surface area contributed by atoms with Gasteiger partial charge in [-0.05, 0) is 0 Å². The summed E-state index contributed by atoms with van der Waals surface area (Å²) >= 11 is 0. The van der Waals surface area contributed by atoms with Crippen molar-refractivity contribution in [1.29, 1.82) is 0 Å². The van der Waals surface area contributed by atoms with E-state index in [9.17, 15) is 9.59 Å². The van der Waals surface area contributed by atoms with E-state index < -0.39 is 11.9 Å². The van der Waals surface area contributed by atoms with Gasteiger partial charge in [-0.3, -0.25) is 14.5 Å². The van der Waals surface area contributed by atoms with E-state index in [4.69, 9.17) is 17.2 Å². The molecule has 1 aliphatic rings. The van der Waals surface area contributed by atoms with E-state index in [1.54, 1.807) is 4.90 Å². The topological polar surface area (TPSA) is 115 Å². The number of nitrogens with zero attached hydrogens (tertiary/aromatic N) is 1. The minimum Gasteiger partial charge on any atom is -0.368 e. The lowest BCUT2D eigenvalue weighted by Gasteiger charge is -2.07. The van der Waals surface area contributed by atoms with Gasteiger partial charge in [0.15, 0.2) is 0 Å². The molecule has 0 bridgehead atoms. The third kappa shape index (κ3) is 1.93. The van der Waals surface area contributed by atoms with Gasteiger partial charge >= 0.3 is 0 Å². The average molecular weight is 172 g/mol. The Morgan fingerprint density at radius 2 is 2.08 bits per heavy atom. The molecule has 1 rings (SSSR count). The number of hydrogen-bond donors (Lipinski definition) is 3. The van der Waals surface area contributed by atoms with Crippen LogP contribution in [0.15, 0.2) is 0 Å². The fourth-order valence-corrected chi connectivity index (χ4v) is 0.989. The zero-order valence-electron chi connectivity index (χ0n) is 6.56. The first-order chi connectivity index (χ1) is 5.52. The van der Waals surface area contributed by atoms with Crippen molar-refractivity contribution in [3.05, 3.63) is 0 Å². The number of nitrogens with two attached hydrogens (primary N) is 3. The highest BCUT2D eigenvalue weighted by Gasteiger charge is 2.39. The first kappa shape index (κ1) is 8.95. The van der Waals surface area contributed by atoms with E-state index >= 15 is 0 Å². The van der Waals surface area contributed by atoms with Crippen molar-refractivity contribution >= 4 is 11.8 Å². The molecule has 2 amide bonds. The maximum Gasteiger partial charge on any atom is 0.236 e. The number of hydrogen-bond acceptors (Lipinski definition) is 4. The molecule has 1 heterocycles. The van der Waals surface area contributed by atoms with Gasteiger partial charge in [0.05, 0.1) is 6.04 Å². The minimum atomic E-state index is -0.714. The Bertz CT molecular complexity index is 218. The molecule has 3 unspecified atom stereocenters. The quantitative estimate of drug-likeness (QED) is 0.391. The zero-order chi connectivity index (χ0) is 9.30. The summed E-state index contributed by atoms with van der Waals surface area (Å²) in [5, 5.41) is 0. The van der Waals surface area contributed by atoms with E-state index in [1.165, 1.54) is 0 Å². The molecule has 0 radical (unpaired) electrons. The summed E-state index contributed by atoms with van der Waals surface area (Å²) in [7, 11) is 0. The molecular weight excluding hydrogens is 160 g/mol. The van der Waals surface area contributed by atoms with Crippen molar-refractivity contribution in [3.63, 3.8) is 0 Å². The van der Waals surface area contributed by atoms with E-state index in [2.05, 4.69) is 0 Å². The Labute approximate surface area is 69.7 Å². The first-order valence-corrected chi connectivity index (χ1v) is 3.60. The van der Waals surface area contributed by atoms with Gasteiger partial charge in [-0.25, -0.2) is 0 Å². The van der Waals surface area contributed by atoms with Crippen LogP contribution in [0.4, 0.5) is 0 Å². The second kappa shape index (κ2) is 3.08. The molecule has 0 spiro atoms. The number of carbonyl (C=O) groups excluding carboxylic acids is 2. The highest BCUT2D eigenvalue weighted by Crippen LogP contribution is 2.15. The lowest BCUT2D eigenvalue weighted by atomic mass is 10.3. The van der Waals surface area contributed by atoms with Crippen LogP contribution in [0.2, 0.25) is 0 Å². The molecule has 1 aliphatic heterocycles. The molecule has 0 aliphatic carbocycles. The third-order valence-corrected chi connectivity index (χ3v) is 1.84. The standard InChI is InChI=1S/C6H12N4O2/c7-3(5(8)11)1-10-2-4(10)6(9)12/h3-4H,1-2,7H2,(H2,8,11)(H2,9,12).